The maximum atomic E-state index is 12.6. The van der Waals surface area contributed by atoms with E-state index in [2.05, 4.69) is 15.5 Å². The summed E-state index contributed by atoms with van der Waals surface area (Å²) in [5.41, 5.74) is 1.23. The Bertz CT molecular complexity index is 974. The number of carbonyl (C=O) groups is 1. The van der Waals surface area contributed by atoms with Gasteiger partial charge in [0.1, 0.15) is 5.75 Å². The zero-order chi connectivity index (χ0) is 19.0. The van der Waals surface area contributed by atoms with Gasteiger partial charge in [0.15, 0.2) is 0 Å². The first-order valence-electron chi connectivity index (χ1n) is 9.03. The number of aliphatic hydroxyl groups excluding tert-OH is 1. The molecule has 2 aliphatic rings. The van der Waals surface area contributed by atoms with Gasteiger partial charge in [-0.3, -0.25) is 24.6 Å². The highest BCUT2D eigenvalue weighted by Crippen LogP contribution is 2.39. The van der Waals surface area contributed by atoms with Crippen LogP contribution < -0.4 is 21.2 Å². The second kappa shape index (κ2) is 7.03. The van der Waals surface area contributed by atoms with Crippen LogP contribution in [0.2, 0.25) is 0 Å². The lowest BCUT2D eigenvalue weighted by Crippen LogP contribution is -2.42. The van der Waals surface area contributed by atoms with Gasteiger partial charge in [0.2, 0.25) is 5.91 Å². The lowest BCUT2D eigenvalue weighted by atomic mass is 9.74. The van der Waals surface area contributed by atoms with Gasteiger partial charge >= 0.3 is 0 Å². The van der Waals surface area contributed by atoms with Crippen LogP contribution in [0.15, 0.2) is 33.9 Å². The molecule has 1 aliphatic heterocycles. The van der Waals surface area contributed by atoms with Crippen LogP contribution in [0.25, 0.3) is 0 Å². The van der Waals surface area contributed by atoms with Gasteiger partial charge in [0.25, 0.3) is 11.1 Å². The number of carbonyl (C=O) groups excluding carboxylic acids is 1. The van der Waals surface area contributed by atoms with Gasteiger partial charge < -0.3 is 15.2 Å². The van der Waals surface area contributed by atoms with Crippen molar-refractivity contribution in [1.82, 2.24) is 15.5 Å². The molecular weight excluding hydrogens is 350 g/mol. The number of ether oxygens (including phenoxy) is 1. The highest BCUT2D eigenvalue weighted by Gasteiger charge is 2.36. The molecule has 0 bridgehead atoms. The van der Waals surface area contributed by atoms with Crippen LogP contribution in [0.3, 0.4) is 0 Å². The Morgan fingerprint density at radius 2 is 2.07 bits per heavy atom. The van der Waals surface area contributed by atoms with Crippen LogP contribution in [0.5, 0.6) is 5.75 Å². The molecule has 1 aromatic heterocycles. The van der Waals surface area contributed by atoms with Crippen molar-refractivity contribution in [3.05, 3.63) is 61.7 Å². The highest BCUT2D eigenvalue weighted by atomic mass is 16.5. The molecule has 2 heterocycles. The second-order valence-corrected chi connectivity index (χ2v) is 7.19. The van der Waals surface area contributed by atoms with Crippen LogP contribution in [-0.2, 0) is 17.6 Å². The van der Waals surface area contributed by atoms with E-state index in [1.807, 2.05) is 18.2 Å². The fourth-order valence-corrected chi connectivity index (χ4v) is 3.76. The number of amides is 1. The monoisotopic (exact) mass is 371 g/mol. The van der Waals surface area contributed by atoms with E-state index in [0.717, 1.165) is 29.4 Å². The van der Waals surface area contributed by atoms with Crippen LogP contribution in [0, 0.1) is 5.92 Å². The van der Waals surface area contributed by atoms with E-state index in [1.54, 1.807) is 0 Å². The number of H-pyrrole nitrogens is 2. The molecule has 0 spiro atoms. The molecule has 27 heavy (non-hydrogen) atoms. The Balaban J connectivity index is 1.54. The van der Waals surface area contributed by atoms with Crippen molar-refractivity contribution in [2.45, 2.75) is 37.8 Å². The van der Waals surface area contributed by atoms with Crippen molar-refractivity contribution < 1.29 is 14.6 Å². The molecule has 1 aliphatic carbocycles. The van der Waals surface area contributed by atoms with E-state index in [4.69, 9.17) is 4.74 Å². The number of aromatic nitrogens is 2. The molecule has 1 aromatic carbocycles. The minimum absolute atomic E-state index is 0.117. The molecule has 0 unspecified atom stereocenters. The normalized spacial score (nSPS) is 21.7. The van der Waals surface area contributed by atoms with Crippen LogP contribution >= 0.6 is 0 Å². The molecule has 8 heteroatoms. The maximum Gasteiger partial charge on any atom is 0.266 e. The number of hydrogen-bond donors (Lipinski definition) is 4. The Morgan fingerprint density at radius 1 is 1.26 bits per heavy atom. The lowest BCUT2D eigenvalue weighted by molar-refractivity contribution is -0.122. The molecule has 0 radical (unpaired) electrons. The summed E-state index contributed by atoms with van der Waals surface area (Å²) in [5, 5.41) is 17.1. The van der Waals surface area contributed by atoms with E-state index in [9.17, 15) is 19.5 Å². The van der Waals surface area contributed by atoms with Crippen molar-refractivity contribution in [2.75, 3.05) is 6.61 Å². The van der Waals surface area contributed by atoms with Gasteiger partial charge in [-0.25, -0.2) is 0 Å². The number of hydrogen-bond acceptors (Lipinski definition) is 5. The number of rotatable bonds is 5. The highest BCUT2D eigenvalue weighted by molar-refractivity contribution is 5.79. The summed E-state index contributed by atoms with van der Waals surface area (Å²) in [6.45, 7) is 0.656. The smallest absolute Gasteiger partial charge is 0.266 e. The van der Waals surface area contributed by atoms with Gasteiger partial charge in [-0.1, -0.05) is 6.07 Å². The van der Waals surface area contributed by atoms with Crippen molar-refractivity contribution >= 4 is 5.91 Å². The number of benzene rings is 1. The third-order valence-electron chi connectivity index (χ3n) is 5.26. The Kier molecular flexibility index (Phi) is 4.57. The summed E-state index contributed by atoms with van der Waals surface area (Å²) in [5.74, 6) is 0.656. The fraction of sp³-hybridized carbons (Fsp3) is 0.421. The number of nitrogens with one attached hydrogen (secondary N) is 3. The predicted molar refractivity (Wildman–Crippen MR) is 96.6 cm³/mol. The molecule has 4 rings (SSSR count). The predicted octanol–water partition coefficient (Wildman–Crippen LogP) is 0.169. The number of fused-ring (bicyclic) bond motifs is 1. The van der Waals surface area contributed by atoms with Crippen molar-refractivity contribution in [3.63, 3.8) is 0 Å². The summed E-state index contributed by atoms with van der Waals surface area (Å²) >= 11 is 0. The Labute approximate surface area is 154 Å². The molecular formula is C19H21N3O5. The van der Waals surface area contributed by atoms with Crippen LogP contribution in [0.1, 0.15) is 35.6 Å². The van der Waals surface area contributed by atoms with Crippen LogP contribution in [0.4, 0.5) is 0 Å². The van der Waals surface area contributed by atoms with E-state index in [-0.39, 0.29) is 36.0 Å². The minimum Gasteiger partial charge on any atom is -0.493 e. The molecule has 1 amide bonds. The zero-order valence-electron chi connectivity index (χ0n) is 14.7. The number of aliphatic hydroxyl groups is 1. The van der Waals surface area contributed by atoms with E-state index in [0.29, 0.717) is 19.4 Å². The van der Waals surface area contributed by atoms with Crippen molar-refractivity contribution in [3.8, 4) is 5.75 Å². The van der Waals surface area contributed by atoms with Crippen LogP contribution in [-0.4, -0.2) is 33.9 Å². The van der Waals surface area contributed by atoms with Gasteiger partial charge in [0.05, 0.1) is 25.2 Å². The standard InChI is InChI=1S/C19H21N3O5/c23-14-6-12(7-14)18(11-1-2-15-10(5-11)3-4-27-15)20-16(24)8-13-9-17(25)21-22-19(13)26/h1-2,5,9,12,14,18,23H,3-4,6-8H2,(H,20,24)(H,21,25)(H,22,26)/t12?,14?,18-/m1/s1. The SMILES string of the molecule is O=C(Cc1cc(=O)[nH][nH]c1=O)N[C@H](c1ccc2c(c1)CCO2)C1CC(O)C1. The van der Waals surface area contributed by atoms with E-state index in [1.165, 1.54) is 0 Å². The summed E-state index contributed by atoms with van der Waals surface area (Å²) in [4.78, 5) is 35.7. The zero-order valence-corrected chi connectivity index (χ0v) is 14.7. The third-order valence-corrected chi connectivity index (χ3v) is 5.26. The van der Waals surface area contributed by atoms with Gasteiger partial charge in [-0.15, -0.1) is 0 Å². The number of aromatic amines is 2. The lowest BCUT2D eigenvalue weighted by Gasteiger charge is -2.38. The summed E-state index contributed by atoms with van der Waals surface area (Å²) < 4.78 is 5.54. The second-order valence-electron chi connectivity index (χ2n) is 7.19. The molecule has 1 saturated carbocycles. The first-order chi connectivity index (χ1) is 13.0. The maximum absolute atomic E-state index is 12.6. The molecule has 4 N–H and O–H groups in total. The van der Waals surface area contributed by atoms with E-state index >= 15 is 0 Å². The fourth-order valence-electron chi connectivity index (χ4n) is 3.76. The summed E-state index contributed by atoms with van der Waals surface area (Å²) in [7, 11) is 0. The summed E-state index contributed by atoms with van der Waals surface area (Å²) in [6, 6.07) is 6.76. The molecule has 142 valence electrons. The van der Waals surface area contributed by atoms with Gasteiger partial charge in [0, 0.05) is 18.1 Å². The first-order valence-corrected chi connectivity index (χ1v) is 9.03. The topological polar surface area (TPSA) is 124 Å². The molecule has 0 saturated heterocycles. The van der Waals surface area contributed by atoms with Gasteiger partial charge in [-0.2, -0.15) is 0 Å². The van der Waals surface area contributed by atoms with Gasteiger partial charge in [-0.05, 0) is 42.0 Å². The Morgan fingerprint density at radius 3 is 2.85 bits per heavy atom. The summed E-state index contributed by atoms with van der Waals surface area (Å²) in [6.07, 6.45) is 1.54. The molecule has 1 atom stereocenters. The average Bonchev–Trinajstić information content (AvgIpc) is 3.08. The molecule has 1 fully saturated rings. The quantitative estimate of drug-likeness (QED) is 0.596. The average molecular weight is 371 g/mol. The van der Waals surface area contributed by atoms with Crippen molar-refractivity contribution in [1.29, 1.82) is 0 Å². The Hall–Kier alpha value is -2.87. The van der Waals surface area contributed by atoms with Crippen molar-refractivity contribution in [2.24, 2.45) is 5.92 Å². The first kappa shape index (κ1) is 17.5. The minimum atomic E-state index is -0.491. The molecule has 8 nitrogen and oxygen atoms in total. The third kappa shape index (κ3) is 3.66. The van der Waals surface area contributed by atoms with E-state index < -0.39 is 11.1 Å². The largest absolute Gasteiger partial charge is 0.493 e. The molecule has 2 aromatic rings.